The largest absolute Gasteiger partial charge is 0.508 e. The van der Waals surface area contributed by atoms with Crippen molar-refractivity contribution in [3.63, 3.8) is 0 Å². The molecule has 4 aromatic carbocycles. The van der Waals surface area contributed by atoms with E-state index in [0.29, 0.717) is 23.0 Å². The van der Waals surface area contributed by atoms with Crippen molar-refractivity contribution < 1.29 is 20.4 Å². The van der Waals surface area contributed by atoms with Crippen LogP contribution in [0.5, 0.6) is 23.0 Å². The molecule has 4 rings (SSSR count). The molecule has 4 N–H and O–H groups in total. The summed E-state index contributed by atoms with van der Waals surface area (Å²) in [6.45, 7) is 45.0. The van der Waals surface area contributed by atoms with E-state index in [2.05, 4.69) is 182 Å². The van der Waals surface area contributed by atoms with Gasteiger partial charge in [-0.05, 0) is 138 Å². The molecule has 0 unspecified atom stereocenters. The van der Waals surface area contributed by atoms with Crippen molar-refractivity contribution in [2.24, 2.45) is 0 Å². The van der Waals surface area contributed by atoms with E-state index < -0.39 is 0 Å². The maximum absolute atomic E-state index is 11.1. The summed E-state index contributed by atoms with van der Waals surface area (Å²) in [5.74, 6) is 1.83. The van der Waals surface area contributed by atoms with Gasteiger partial charge in [0.25, 0.3) is 0 Å². The SMILES string of the molecule is CC(C)(C)c1cc(Cc2cc(C(C)(C)C)c(O)c(C(C)(C)C)c2)cc(C(C)(C)C)c1O.CCCC(c1cc(C(C)(C)C)c(O)cc1C)c1cc(C(C)(C)C)c(O)cc1C. The van der Waals surface area contributed by atoms with E-state index in [4.69, 9.17) is 0 Å². The van der Waals surface area contributed by atoms with E-state index in [1.54, 1.807) is 0 Å². The summed E-state index contributed by atoms with van der Waals surface area (Å²) in [7, 11) is 0. The highest BCUT2D eigenvalue weighted by Gasteiger charge is 2.30. The Morgan fingerprint density at radius 1 is 0.390 bits per heavy atom. The Labute approximate surface area is 360 Å². The predicted octanol–water partition coefficient (Wildman–Crippen LogP) is 15.1. The average molecular weight is 807 g/mol. The molecule has 4 aromatic rings. The molecule has 59 heavy (non-hydrogen) atoms. The number of benzene rings is 4. The van der Waals surface area contributed by atoms with Crippen LogP contribution in [0.25, 0.3) is 0 Å². The van der Waals surface area contributed by atoms with Gasteiger partial charge in [-0.3, -0.25) is 0 Å². The van der Waals surface area contributed by atoms with Crippen LogP contribution >= 0.6 is 0 Å². The number of phenols is 4. The molecule has 4 nitrogen and oxygen atoms in total. The van der Waals surface area contributed by atoms with Crippen LogP contribution in [0.2, 0.25) is 0 Å². The van der Waals surface area contributed by atoms with Gasteiger partial charge in [0.15, 0.2) is 0 Å². The molecule has 0 aliphatic heterocycles. The number of hydrogen-bond donors (Lipinski definition) is 4. The second-order valence-electron chi connectivity index (χ2n) is 23.5. The van der Waals surface area contributed by atoms with E-state index in [0.717, 1.165) is 63.8 Å². The number of phenolic OH excluding ortho intramolecular Hbond substituents is 4. The van der Waals surface area contributed by atoms with Gasteiger partial charge >= 0.3 is 0 Å². The molecule has 0 spiro atoms. The van der Waals surface area contributed by atoms with Crippen LogP contribution in [0.4, 0.5) is 0 Å². The zero-order chi connectivity index (χ0) is 45.6. The molecular weight excluding hydrogens is 725 g/mol. The van der Waals surface area contributed by atoms with Crippen LogP contribution in [0.1, 0.15) is 217 Å². The third-order valence-corrected chi connectivity index (χ3v) is 11.7. The molecule has 0 amide bonds. The molecule has 0 radical (unpaired) electrons. The summed E-state index contributed by atoms with van der Waals surface area (Å²) < 4.78 is 0. The summed E-state index contributed by atoms with van der Waals surface area (Å²) in [5, 5.41) is 43.2. The highest BCUT2D eigenvalue weighted by atomic mass is 16.3. The first-order chi connectivity index (χ1) is 26.5. The van der Waals surface area contributed by atoms with Gasteiger partial charge in [0.2, 0.25) is 0 Å². The molecule has 0 aliphatic carbocycles. The normalized spacial score (nSPS) is 13.1. The van der Waals surface area contributed by atoms with Gasteiger partial charge in [-0.25, -0.2) is 0 Å². The molecule has 0 aromatic heterocycles. The first-order valence-electron chi connectivity index (χ1n) is 21.9. The Hall–Kier alpha value is -3.92. The lowest BCUT2D eigenvalue weighted by Crippen LogP contribution is -2.19. The molecule has 0 fully saturated rings. The topological polar surface area (TPSA) is 80.9 Å². The minimum Gasteiger partial charge on any atom is -0.508 e. The fourth-order valence-corrected chi connectivity index (χ4v) is 8.25. The Bertz CT molecular complexity index is 1890. The van der Waals surface area contributed by atoms with Crippen LogP contribution in [0.3, 0.4) is 0 Å². The molecule has 0 heterocycles. The quantitative estimate of drug-likeness (QED) is 0.156. The van der Waals surface area contributed by atoms with Crippen molar-refractivity contribution >= 4 is 0 Å². The monoisotopic (exact) mass is 807 g/mol. The Kier molecular flexibility index (Phi) is 14.4. The molecule has 0 atom stereocenters. The van der Waals surface area contributed by atoms with Crippen molar-refractivity contribution in [1.29, 1.82) is 0 Å². The van der Waals surface area contributed by atoms with E-state index in [1.807, 2.05) is 12.1 Å². The number of aryl methyl sites for hydroxylation is 2. The van der Waals surface area contributed by atoms with Crippen LogP contribution in [0, 0.1) is 13.8 Å². The fourth-order valence-electron chi connectivity index (χ4n) is 8.25. The van der Waals surface area contributed by atoms with Crippen molar-refractivity contribution in [1.82, 2.24) is 0 Å². The molecule has 0 bridgehead atoms. The zero-order valence-electron chi connectivity index (χ0n) is 41.1. The lowest BCUT2D eigenvalue weighted by molar-refractivity contribution is 0.422. The minimum absolute atomic E-state index is 0.121. The molecular formula is C55H82O4. The highest BCUT2D eigenvalue weighted by Crippen LogP contribution is 2.45. The molecule has 0 saturated carbocycles. The number of rotatable bonds is 6. The van der Waals surface area contributed by atoms with Crippen LogP contribution < -0.4 is 0 Å². The van der Waals surface area contributed by atoms with E-state index in [-0.39, 0.29) is 38.4 Å². The standard InChI is InChI=1S/C29H44O2.C26H38O2/c1-26(2,3)20-14-18(15-21(24(20)30)27(4,5)6)13-19-16-22(28(7,8)9)25(31)23(17-19)29(10,11)12;1-10-11-18(19-14-21(25(4,5)6)23(27)12-16(19)2)20-15-22(26(7,8)9)24(28)13-17(20)3/h14-17,30-31H,13H2,1-12H3;12-15,18,27-28H,10-11H2,1-9H3. The summed E-state index contributed by atoms with van der Waals surface area (Å²) in [6, 6.07) is 16.9. The Morgan fingerprint density at radius 3 is 0.864 bits per heavy atom. The average Bonchev–Trinajstić information content (AvgIpc) is 3.02. The second kappa shape index (κ2) is 17.2. The maximum atomic E-state index is 11.1. The van der Waals surface area contributed by atoms with Gasteiger partial charge < -0.3 is 20.4 Å². The maximum Gasteiger partial charge on any atom is 0.123 e. The molecule has 0 aliphatic rings. The van der Waals surface area contributed by atoms with Crippen LogP contribution in [-0.2, 0) is 38.9 Å². The van der Waals surface area contributed by atoms with E-state index in [1.165, 1.54) is 22.3 Å². The number of aromatic hydroxyl groups is 4. The lowest BCUT2D eigenvalue weighted by Gasteiger charge is -2.29. The first-order valence-corrected chi connectivity index (χ1v) is 21.9. The fraction of sp³-hybridized carbons (Fsp3) is 0.564. The van der Waals surface area contributed by atoms with Crippen molar-refractivity contribution in [2.75, 3.05) is 0 Å². The summed E-state index contributed by atoms with van der Waals surface area (Å²) in [6.07, 6.45) is 2.87. The predicted molar refractivity (Wildman–Crippen MR) is 254 cm³/mol. The summed E-state index contributed by atoms with van der Waals surface area (Å²) in [4.78, 5) is 0. The highest BCUT2D eigenvalue weighted by molar-refractivity contribution is 5.55. The minimum atomic E-state index is -0.151. The molecule has 4 heteroatoms. The van der Waals surface area contributed by atoms with Gasteiger partial charge in [0.05, 0.1) is 0 Å². The second-order valence-corrected chi connectivity index (χ2v) is 23.5. The van der Waals surface area contributed by atoms with Crippen LogP contribution in [-0.4, -0.2) is 20.4 Å². The van der Waals surface area contributed by atoms with Crippen molar-refractivity contribution in [3.8, 4) is 23.0 Å². The van der Waals surface area contributed by atoms with Crippen LogP contribution in [0.15, 0.2) is 48.5 Å². The van der Waals surface area contributed by atoms with Gasteiger partial charge in [0.1, 0.15) is 23.0 Å². The van der Waals surface area contributed by atoms with E-state index >= 15 is 0 Å². The first kappa shape index (κ1) is 49.4. The van der Waals surface area contributed by atoms with Gasteiger partial charge in [-0.15, -0.1) is 0 Å². The number of hydrogen-bond acceptors (Lipinski definition) is 4. The molecule has 326 valence electrons. The van der Waals surface area contributed by atoms with E-state index in [9.17, 15) is 20.4 Å². The third-order valence-electron chi connectivity index (χ3n) is 11.7. The van der Waals surface area contributed by atoms with Gasteiger partial charge in [0, 0.05) is 5.92 Å². The third kappa shape index (κ3) is 11.9. The Morgan fingerprint density at radius 2 is 0.644 bits per heavy atom. The summed E-state index contributed by atoms with van der Waals surface area (Å²) >= 11 is 0. The van der Waals surface area contributed by atoms with Crippen molar-refractivity contribution in [2.45, 2.75) is 203 Å². The lowest BCUT2D eigenvalue weighted by atomic mass is 9.76. The van der Waals surface area contributed by atoms with Crippen molar-refractivity contribution in [3.05, 3.63) is 115 Å². The van der Waals surface area contributed by atoms with Gasteiger partial charge in [-0.2, -0.15) is 0 Å². The zero-order valence-corrected chi connectivity index (χ0v) is 41.1. The smallest absolute Gasteiger partial charge is 0.123 e. The Balaban J connectivity index is 0.000000317. The van der Waals surface area contributed by atoms with Gasteiger partial charge in [-0.1, -0.05) is 174 Å². The summed E-state index contributed by atoms with van der Waals surface area (Å²) in [5.41, 5.74) is 12.3. The molecule has 0 saturated heterocycles.